The minimum atomic E-state index is 0.360. The lowest BCUT2D eigenvalue weighted by Gasteiger charge is -1.94. The van der Waals surface area contributed by atoms with Crippen molar-refractivity contribution in [2.75, 3.05) is 6.79 Å². The summed E-state index contributed by atoms with van der Waals surface area (Å²) in [5.41, 5.74) is 1.20. The zero-order valence-electron chi connectivity index (χ0n) is 11.2. The predicted molar refractivity (Wildman–Crippen MR) is 69.2 cm³/mol. The molecule has 0 N–H and O–H groups in total. The van der Waals surface area contributed by atoms with Crippen LogP contribution in [0.4, 0.5) is 0 Å². The van der Waals surface area contributed by atoms with Crippen LogP contribution in [-0.2, 0) is 0 Å². The van der Waals surface area contributed by atoms with E-state index in [4.69, 9.17) is 9.47 Å². The van der Waals surface area contributed by atoms with Crippen LogP contribution < -0.4 is 9.47 Å². The molecule has 2 rings (SSSR count). The Kier molecular flexibility index (Phi) is 8.41. The normalized spacial score (nSPS) is 10.8. The molecule has 1 aromatic carbocycles. The molecule has 0 atom stereocenters. The number of fused-ring (bicyclic) bond motifs is 1. The molecule has 1 aromatic rings. The van der Waals surface area contributed by atoms with Gasteiger partial charge in [-0.1, -0.05) is 46.6 Å². The average molecular weight is 224 g/mol. The van der Waals surface area contributed by atoms with Crippen LogP contribution in [0.15, 0.2) is 18.2 Å². The van der Waals surface area contributed by atoms with Gasteiger partial charge in [-0.2, -0.15) is 0 Å². The van der Waals surface area contributed by atoms with Crippen molar-refractivity contribution < 1.29 is 9.47 Å². The molecule has 92 valence electrons. The van der Waals surface area contributed by atoms with Crippen LogP contribution in [0.2, 0.25) is 0 Å². The molecule has 0 fully saturated rings. The maximum atomic E-state index is 5.16. The highest BCUT2D eigenvalue weighted by atomic mass is 16.7. The number of benzene rings is 1. The van der Waals surface area contributed by atoms with Crippen LogP contribution in [0.5, 0.6) is 11.5 Å². The number of hydrogen-bond donors (Lipinski definition) is 0. The van der Waals surface area contributed by atoms with Crippen molar-refractivity contribution in [2.24, 2.45) is 0 Å². The second-order valence-electron chi connectivity index (χ2n) is 3.36. The monoisotopic (exact) mass is 224 g/mol. The predicted octanol–water partition coefficient (Wildman–Crippen LogP) is 4.56. The molecular formula is C14H24O2. The molecular weight excluding hydrogens is 200 g/mol. The van der Waals surface area contributed by atoms with E-state index in [0.29, 0.717) is 6.79 Å². The molecule has 0 spiro atoms. The van der Waals surface area contributed by atoms with E-state index >= 15 is 0 Å². The third kappa shape index (κ3) is 5.06. The molecule has 1 aliphatic rings. The van der Waals surface area contributed by atoms with Gasteiger partial charge in [0.2, 0.25) is 6.79 Å². The number of rotatable bonds is 1. The van der Waals surface area contributed by atoms with Gasteiger partial charge < -0.3 is 9.47 Å². The Morgan fingerprint density at radius 3 is 2.12 bits per heavy atom. The molecule has 0 saturated heterocycles. The van der Waals surface area contributed by atoms with E-state index in [-0.39, 0.29) is 0 Å². The molecule has 0 radical (unpaired) electrons. The molecule has 1 heterocycles. The van der Waals surface area contributed by atoms with Crippen LogP contribution in [0.25, 0.3) is 0 Å². The summed E-state index contributed by atoms with van der Waals surface area (Å²) in [7, 11) is 0. The van der Waals surface area contributed by atoms with Crippen molar-refractivity contribution in [3.05, 3.63) is 23.8 Å². The Morgan fingerprint density at radius 1 is 1.00 bits per heavy atom. The molecule has 16 heavy (non-hydrogen) atoms. The first-order chi connectivity index (χ1) is 7.77. The summed E-state index contributed by atoms with van der Waals surface area (Å²) in [5.74, 6) is 1.71. The van der Waals surface area contributed by atoms with E-state index in [1.807, 2.05) is 39.0 Å². The second-order valence-corrected chi connectivity index (χ2v) is 3.36. The smallest absolute Gasteiger partial charge is 0.231 e. The fourth-order valence-corrected chi connectivity index (χ4v) is 1.00. The number of hydrogen-bond acceptors (Lipinski definition) is 2. The van der Waals surface area contributed by atoms with Gasteiger partial charge >= 0.3 is 0 Å². The molecule has 0 bridgehead atoms. The Labute approximate surface area is 99.6 Å². The number of ether oxygens (including phenoxy) is 2. The highest BCUT2D eigenvalue weighted by Crippen LogP contribution is 2.31. The second kappa shape index (κ2) is 9.08. The van der Waals surface area contributed by atoms with Gasteiger partial charge in [-0.25, -0.2) is 0 Å². The zero-order chi connectivity index (χ0) is 12.4. The highest BCUT2D eigenvalue weighted by Gasteiger charge is 2.11. The highest BCUT2D eigenvalue weighted by molar-refractivity contribution is 5.43. The van der Waals surface area contributed by atoms with E-state index in [1.54, 1.807) is 0 Å². The average Bonchev–Trinajstić information content (AvgIpc) is 2.79. The zero-order valence-corrected chi connectivity index (χ0v) is 11.2. The first-order valence-electron chi connectivity index (χ1n) is 6.14. The molecule has 0 amide bonds. The number of unbranched alkanes of at least 4 members (excludes halogenated alkanes) is 1. The van der Waals surface area contributed by atoms with Crippen LogP contribution in [0.3, 0.4) is 0 Å². The van der Waals surface area contributed by atoms with E-state index in [2.05, 4.69) is 13.8 Å². The minimum absolute atomic E-state index is 0.360. The van der Waals surface area contributed by atoms with Gasteiger partial charge in [-0.3, -0.25) is 0 Å². The van der Waals surface area contributed by atoms with E-state index in [9.17, 15) is 0 Å². The van der Waals surface area contributed by atoms with Crippen molar-refractivity contribution in [3.63, 3.8) is 0 Å². The summed E-state index contributed by atoms with van der Waals surface area (Å²) in [5, 5.41) is 0. The maximum Gasteiger partial charge on any atom is 0.231 e. The van der Waals surface area contributed by atoms with E-state index < -0.39 is 0 Å². The molecule has 0 unspecified atom stereocenters. The van der Waals surface area contributed by atoms with Gasteiger partial charge in [0, 0.05) is 0 Å². The standard InChI is InChI=1S/C8H8O2.C4H10.C2H6/c1-6-2-3-7-8(4-6)10-5-9-7;1-3-4-2;1-2/h2-4H,5H2,1H3;3-4H2,1-2H3;1-2H3. The van der Waals surface area contributed by atoms with Crippen molar-refractivity contribution in [3.8, 4) is 11.5 Å². The molecule has 2 nitrogen and oxygen atoms in total. The molecule has 2 heteroatoms. The SMILES string of the molecule is CC.CCCC.Cc1ccc2c(c1)OCO2. The Balaban J connectivity index is 0.000000323. The van der Waals surface area contributed by atoms with Crippen molar-refractivity contribution in [1.29, 1.82) is 0 Å². The quantitative estimate of drug-likeness (QED) is 0.696. The molecule has 0 aliphatic carbocycles. The summed E-state index contributed by atoms with van der Waals surface area (Å²) in [4.78, 5) is 0. The van der Waals surface area contributed by atoms with Crippen LogP contribution >= 0.6 is 0 Å². The fourth-order valence-electron chi connectivity index (χ4n) is 1.00. The summed E-state index contributed by atoms with van der Waals surface area (Å²) in [6, 6.07) is 5.91. The van der Waals surface area contributed by atoms with Gasteiger partial charge in [0.1, 0.15) is 0 Å². The van der Waals surface area contributed by atoms with Crippen molar-refractivity contribution in [1.82, 2.24) is 0 Å². The molecule has 0 aromatic heterocycles. The third-order valence-corrected chi connectivity index (χ3v) is 2.03. The van der Waals surface area contributed by atoms with Gasteiger partial charge in [0.15, 0.2) is 11.5 Å². The third-order valence-electron chi connectivity index (χ3n) is 2.03. The lowest BCUT2D eigenvalue weighted by molar-refractivity contribution is 0.174. The first-order valence-corrected chi connectivity index (χ1v) is 6.14. The number of aryl methyl sites for hydroxylation is 1. The largest absolute Gasteiger partial charge is 0.454 e. The maximum absolute atomic E-state index is 5.16. The lowest BCUT2D eigenvalue weighted by atomic mass is 10.2. The topological polar surface area (TPSA) is 18.5 Å². The summed E-state index contributed by atoms with van der Waals surface area (Å²) < 4.78 is 10.3. The fraction of sp³-hybridized carbons (Fsp3) is 0.571. The van der Waals surface area contributed by atoms with Gasteiger partial charge in [0.05, 0.1) is 0 Å². The van der Waals surface area contributed by atoms with Crippen LogP contribution in [0.1, 0.15) is 46.1 Å². The first kappa shape index (κ1) is 14.8. The minimum Gasteiger partial charge on any atom is -0.454 e. The molecule has 0 saturated carbocycles. The summed E-state index contributed by atoms with van der Waals surface area (Å²) >= 11 is 0. The van der Waals surface area contributed by atoms with Crippen LogP contribution in [-0.4, -0.2) is 6.79 Å². The summed E-state index contributed by atoms with van der Waals surface area (Å²) in [6.45, 7) is 10.8. The van der Waals surface area contributed by atoms with E-state index in [0.717, 1.165) is 11.5 Å². The van der Waals surface area contributed by atoms with Crippen molar-refractivity contribution >= 4 is 0 Å². The van der Waals surface area contributed by atoms with Gasteiger partial charge in [-0.05, 0) is 24.6 Å². The Morgan fingerprint density at radius 2 is 1.56 bits per heavy atom. The Bertz CT molecular complexity index is 280. The van der Waals surface area contributed by atoms with Gasteiger partial charge in [-0.15, -0.1) is 0 Å². The summed E-state index contributed by atoms with van der Waals surface area (Å²) in [6.07, 6.45) is 2.64. The van der Waals surface area contributed by atoms with Crippen LogP contribution in [0, 0.1) is 6.92 Å². The van der Waals surface area contributed by atoms with E-state index in [1.165, 1.54) is 18.4 Å². The Hall–Kier alpha value is -1.18. The lowest BCUT2D eigenvalue weighted by Crippen LogP contribution is -1.92. The molecule has 1 aliphatic heterocycles. The van der Waals surface area contributed by atoms with Gasteiger partial charge in [0.25, 0.3) is 0 Å². The van der Waals surface area contributed by atoms with Crippen molar-refractivity contribution in [2.45, 2.75) is 47.5 Å².